The number of rotatable bonds is 1. The maximum Gasteiger partial charge on any atom is 0.282 e. The van der Waals surface area contributed by atoms with Crippen molar-refractivity contribution in [1.82, 2.24) is 9.80 Å². The number of nitrogens with zero attached hydrogens (tertiary/aromatic N) is 2. The number of piperazine rings is 1. The maximum absolute atomic E-state index is 12.5. The van der Waals surface area contributed by atoms with Gasteiger partial charge in [-0.05, 0) is 14.0 Å². The average Bonchev–Trinajstić information content (AvgIpc) is 2.08. The van der Waals surface area contributed by atoms with Crippen molar-refractivity contribution >= 4 is 5.91 Å². The van der Waals surface area contributed by atoms with Gasteiger partial charge in [-0.2, -0.15) is 0 Å². The van der Waals surface area contributed by atoms with Crippen molar-refractivity contribution < 1.29 is 9.18 Å². The minimum atomic E-state index is -0.864. The highest BCUT2D eigenvalue weighted by molar-refractivity contribution is 5.90. The smallest absolute Gasteiger partial charge is 0.282 e. The van der Waals surface area contributed by atoms with E-state index in [2.05, 4.69) is 11.5 Å². The molecular formula is C9H15FN2O. The standard InChI is InChI=1S/C9H15FN2O/c1-7-6-12(5-4-11(7)3)9(13)8(2)10/h7H,2,4-6H2,1,3H3. The number of amides is 1. The van der Waals surface area contributed by atoms with E-state index < -0.39 is 11.7 Å². The van der Waals surface area contributed by atoms with Gasteiger partial charge >= 0.3 is 0 Å². The van der Waals surface area contributed by atoms with Gasteiger partial charge in [0.2, 0.25) is 0 Å². The van der Waals surface area contributed by atoms with Crippen molar-refractivity contribution in [2.45, 2.75) is 13.0 Å². The highest BCUT2D eigenvalue weighted by Crippen LogP contribution is 2.09. The van der Waals surface area contributed by atoms with Crippen molar-refractivity contribution in [1.29, 1.82) is 0 Å². The van der Waals surface area contributed by atoms with Gasteiger partial charge in [0.05, 0.1) is 0 Å². The average molecular weight is 186 g/mol. The van der Waals surface area contributed by atoms with Gasteiger partial charge in [0.15, 0.2) is 5.83 Å². The Morgan fingerprint density at radius 1 is 1.54 bits per heavy atom. The summed E-state index contributed by atoms with van der Waals surface area (Å²) in [7, 11) is 2.00. The summed E-state index contributed by atoms with van der Waals surface area (Å²) in [5.41, 5.74) is 0. The lowest BCUT2D eigenvalue weighted by Crippen LogP contribution is -2.52. The third-order valence-electron chi connectivity index (χ3n) is 2.48. The van der Waals surface area contributed by atoms with Crippen LogP contribution in [-0.4, -0.2) is 48.4 Å². The topological polar surface area (TPSA) is 23.6 Å². The minimum absolute atomic E-state index is 0.289. The summed E-state index contributed by atoms with van der Waals surface area (Å²) < 4.78 is 12.5. The molecule has 1 saturated heterocycles. The molecule has 1 heterocycles. The lowest BCUT2D eigenvalue weighted by Gasteiger charge is -2.37. The number of hydrogen-bond donors (Lipinski definition) is 0. The number of carbonyl (C=O) groups is 1. The molecule has 0 spiro atoms. The number of hydrogen-bond acceptors (Lipinski definition) is 2. The van der Waals surface area contributed by atoms with E-state index in [9.17, 15) is 9.18 Å². The molecule has 0 bridgehead atoms. The molecule has 1 rings (SSSR count). The highest BCUT2D eigenvalue weighted by atomic mass is 19.1. The largest absolute Gasteiger partial charge is 0.334 e. The third-order valence-corrected chi connectivity index (χ3v) is 2.48. The molecule has 4 heteroatoms. The van der Waals surface area contributed by atoms with Crippen LogP contribution in [0, 0.1) is 0 Å². The maximum atomic E-state index is 12.5. The summed E-state index contributed by atoms with van der Waals surface area (Å²) in [6, 6.07) is 0.289. The fraction of sp³-hybridized carbons (Fsp3) is 0.667. The van der Waals surface area contributed by atoms with E-state index >= 15 is 0 Å². The quantitative estimate of drug-likeness (QED) is 0.561. The Balaban J connectivity index is 2.55. The Bertz CT molecular complexity index is 230. The van der Waals surface area contributed by atoms with Gasteiger partial charge in [0.25, 0.3) is 5.91 Å². The zero-order chi connectivity index (χ0) is 10.0. The SMILES string of the molecule is C=C(F)C(=O)N1CCN(C)C(C)C1. The molecule has 0 saturated carbocycles. The van der Waals surface area contributed by atoms with Gasteiger partial charge in [0, 0.05) is 25.7 Å². The van der Waals surface area contributed by atoms with Crippen LogP contribution in [-0.2, 0) is 4.79 Å². The molecule has 74 valence electrons. The molecule has 13 heavy (non-hydrogen) atoms. The van der Waals surface area contributed by atoms with Crippen LogP contribution in [0.4, 0.5) is 4.39 Å². The number of carbonyl (C=O) groups excluding carboxylic acids is 1. The first-order chi connectivity index (χ1) is 6.02. The van der Waals surface area contributed by atoms with Crippen molar-refractivity contribution in [2.24, 2.45) is 0 Å². The van der Waals surface area contributed by atoms with Gasteiger partial charge in [-0.1, -0.05) is 6.58 Å². The number of halogens is 1. The molecule has 0 N–H and O–H groups in total. The molecule has 0 aromatic heterocycles. The van der Waals surface area contributed by atoms with E-state index in [0.29, 0.717) is 13.1 Å². The zero-order valence-corrected chi connectivity index (χ0v) is 8.09. The van der Waals surface area contributed by atoms with Gasteiger partial charge in [-0.25, -0.2) is 4.39 Å². The Hall–Kier alpha value is -0.900. The van der Waals surface area contributed by atoms with Crippen LogP contribution >= 0.6 is 0 Å². The van der Waals surface area contributed by atoms with Crippen LogP contribution < -0.4 is 0 Å². The van der Waals surface area contributed by atoms with E-state index in [1.54, 1.807) is 0 Å². The molecule has 0 aromatic carbocycles. The molecular weight excluding hydrogens is 171 g/mol. The molecule has 1 unspecified atom stereocenters. The molecule has 0 aromatic rings. The van der Waals surface area contributed by atoms with Crippen molar-refractivity contribution in [3.63, 3.8) is 0 Å². The molecule has 1 aliphatic rings. The van der Waals surface area contributed by atoms with Gasteiger partial charge in [0.1, 0.15) is 0 Å². The monoisotopic (exact) mass is 186 g/mol. The fourth-order valence-corrected chi connectivity index (χ4v) is 1.40. The third kappa shape index (κ3) is 2.28. The first-order valence-corrected chi connectivity index (χ1v) is 4.36. The van der Waals surface area contributed by atoms with Crippen LogP contribution in [0.3, 0.4) is 0 Å². The fourth-order valence-electron chi connectivity index (χ4n) is 1.40. The highest BCUT2D eigenvalue weighted by Gasteiger charge is 2.25. The summed E-state index contributed by atoms with van der Waals surface area (Å²) in [5, 5.41) is 0. The van der Waals surface area contributed by atoms with Crippen LogP contribution in [0.2, 0.25) is 0 Å². The van der Waals surface area contributed by atoms with Crippen molar-refractivity contribution in [3.8, 4) is 0 Å². The predicted octanol–water partition coefficient (Wildman–Crippen LogP) is 0.632. The first kappa shape index (κ1) is 10.2. The molecule has 1 atom stereocenters. The molecule has 0 aliphatic carbocycles. The second kappa shape index (κ2) is 3.87. The van der Waals surface area contributed by atoms with Crippen LogP contribution in [0.25, 0.3) is 0 Å². The lowest BCUT2D eigenvalue weighted by molar-refractivity contribution is -0.131. The summed E-state index contributed by atoms with van der Waals surface area (Å²) >= 11 is 0. The van der Waals surface area contributed by atoms with Gasteiger partial charge in [-0.15, -0.1) is 0 Å². The first-order valence-electron chi connectivity index (χ1n) is 4.36. The Kier molecular flexibility index (Phi) is 3.03. The second-order valence-corrected chi connectivity index (χ2v) is 3.49. The van der Waals surface area contributed by atoms with Gasteiger partial charge in [-0.3, -0.25) is 4.79 Å². The minimum Gasteiger partial charge on any atom is -0.334 e. The normalized spacial score (nSPS) is 24.5. The van der Waals surface area contributed by atoms with E-state index in [4.69, 9.17) is 0 Å². The summed E-state index contributed by atoms with van der Waals surface area (Å²) in [6.45, 7) is 6.98. The Morgan fingerprint density at radius 2 is 2.15 bits per heavy atom. The van der Waals surface area contributed by atoms with E-state index in [1.165, 1.54) is 4.90 Å². The van der Waals surface area contributed by atoms with Crippen LogP contribution in [0.5, 0.6) is 0 Å². The Labute approximate surface area is 77.8 Å². The van der Waals surface area contributed by atoms with Gasteiger partial charge < -0.3 is 9.80 Å². The zero-order valence-electron chi connectivity index (χ0n) is 8.09. The molecule has 0 radical (unpaired) electrons. The molecule has 1 fully saturated rings. The van der Waals surface area contributed by atoms with Crippen molar-refractivity contribution in [3.05, 3.63) is 12.4 Å². The van der Waals surface area contributed by atoms with E-state index in [0.717, 1.165) is 6.54 Å². The number of likely N-dealkylation sites (N-methyl/N-ethyl adjacent to an activating group) is 1. The lowest BCUT2D eigenvalue weighted by atomic mass is 10.2. The summed E-state index contributed by atoms with van der Waals surface area (Å²) in [6.07, 6.45) is 0. The summed E-state index contributed by atoms with van der Waals surface area (Å²) in [4.78, 5) is 14.8. The molecule has 1 amide bonds. The second-order valence-electron chi connectivity index (χ2n) is 3.49. The van der Waals surface area contributed by atoms with E-state index in [-0.39, 0.29) is 6.04 Å². The Morgan fingerprint density at radius 3 is 2.62 bits per heavy atom. The van der Waals surface area contributed by atoms with Crippen LogP contribution in [0.15, 0.2) is 12.4 Å². The van der Waals surface area contributed by atoms with E-state index in [1.807, 2.05) is 14.0 Å². The van der Waals surface area contributed by atoms with Crippen LogP contribution in [0.1, 0.15) is 6.92 Å². The molecule has 1 aliphatic heterocycles. The van der Waals surface area contributed by atoms with Crippen molar-refractivity contribution in [2.75, 3.05) is 26.7 Å². The predicted molar refractivity (Wildman–Crippen MR) is 48.9 cm³/mol. The molecule has 3 nitrogen and oxygen atoms in total. The summed E-state index contributed by atoms with van der Waals surface area (Å²) in [5.74, 6) is -1.43.